The summed E-state index contributed by atoms with van der Waals surface area (Å²) in [6.07, 6.45) is 0. The topological polar surface area (TPSA) is 38.7 Å². The molecule has 90 valence electrons. The van der Waals surface area contributed by atoms with Gasteiger partial charge in [-0.15, -0.1) is 0 Å². The van der Waals surface area contributed by atoms with Gasteiger partial charge < -0.3 is 14.6 Å². The second-order valence-corrected chi connectivity index (χ2v) is 4.25. The first kappa shape index (κ1) is 13.1. The van der Waals surface area contributed by atoms with Gasteiger partial charge in [0.1, 0.15) is 0 Å². The van der Waals surface area contributed by atoms with E-state index >= 15 is 0 Å². The number of ether oxygens (including phenoxy) is 2. The lowest BCUT2D eigenvalue weighted by atomic mass is 9.96. The molecule has 0 saturated carbocycles. The van der Waals surface area contributed by atoms with Crippen LogP contribution in [0, 0.1) is 5.82 Å². The molecule has 0 fully saturated rings. The van der Waals surface area contributed by atoms with Crippen molar-refractivity contribution in [3.8, 4) is 11.5 Å². The number of benzene rings is 1. The summed E-state index contributed by atoms with van der Waals surface area (Å²) < 4.78 is 23.5. The molecule has 0 radical (unpaired) electrons. The molecule has 3 nitrogen and oxygen atoms in total. The lowest BCUT2D eigenvalue weighted by Crippen LogP contribution is -2.17. The van der Waals surface area contributed by atoms with Gasteiger partial charge in [-0.05, 0) is 19.9 Å². The van der Waals surface area contributed by atoms with E-state index in [0.717, 1.165) is 0 Å². The Morgan fingerprint density at radius 2 is 1.75 bits per heavy atom. The highest BCUT2D eigenvalue weighted by atomic mass is 35.5. The average Bonchev–Trinajstić information content (AvgIpc) is 2.19. The van der Waals surface area contributed by atoms with Crippen LogP contribution in [-0.4, -0.2) is 19.3 Å². The fraction of sp³-hybridized carbons (Fsp3) is 0.455. The van der Waals surface area contributed by atoms with Crippen LogP contribution in [0.15, 0.2) is 6.07 Å². The number of aliphatic hydroxyl groups is 1. The molecule has 0 spiro atoms. The van der Waals surface area contributed by atoms with Gasteiger partial charge in [-0.25, -0.2) is 4.39 Å². The number of hydrogen-bond acceptors (Lipinski definition) is 3. The predicted molar refractivity (Wildman–Crippen MR) is 59.8 cm³/mol. The Balaban J connectivity index is 3.57. The first-order valence-corrected chi connectivity index (χ1v) is 5.03. The molecule has 1 aromatic rings. The fourth-order valence-corrected chi connectivity index (χ4v) is 1.62. The normalized spacial score (nSPS) is 11.4. The van der Waals surface area contributed by atoms with Gasteiger partial charge in [-0.2, -0.15) is 0 Å². The van der Waals surface area contributed by atoms with Crippen LogP contribution < -0.4 is 9.47 Å². The number of methoxy groups -OCH3 is 2. The Kier molecular flexibility index (Phi) is 3.65. The van der Waals surface area contributed by atoms with Gasteiger partial charge in [-0.1, -0.05) is 11.6 Å². The molecular weight excluding hydrogens is 235 g/mol. The maximum Gasteiger partial charge on any atom is 0.198 e. The standard InChI is InChI=1S/C11H14ClFO3/c1-11(2,14)6-5-7(12)8(13)10(16-4)9(6)15-3/h5,14H,1-4H3. The molecule has 0 bridgehead atoms. The zero-order valence-electron chi connectivity index (χ0n) is 9.60. The summed E-state index contributed by atoms with van der Waals surface area (Å²) >= 11 is 5.71. The summed E-state index contributed by atoms with van der Waals surface area (Å²) in [5, 5.41) is 9.80. The maximum atomic E-state index is 13.6. The third-order valence-corrected chi connectivity index (χ3v) is 2.47. The van der Waals surface area contributed by atoms with Gasteiger partial charge in [0, 0.05) is 5.56 Å². The Labute approximate surface area is 98.7 Å². The second-order valence-electron chi connectivity index (χ2n) is 3.85. The molecule has 1 aromatic carbocycles. The van der Waals surface area contributed by atoms with E-state index < -0.39 is 11.4 Å². The predicted octanol–water partition coefficient (Wildman–Crippen LogP) is 2.72. The molecule has 0 aliphatic carbocycles. The van der Waals surface area contributed by atoms with E-state index in [1.54, 1.807) is 13.8 Å². The molecule has 5 heteroatoms. The highest BCUT2D eigenvalue weighted by molar-refractivity contribution is 6.31. The summed E-state index contributed by atoms with van der Waals surface area (Å²) in [7, 11) is 2.69. The van der Waals surface area contributed by atoms with Crippen molar-refractivity contribution in [1.29, 1.82) is 0 Å². The Morgan fingerprint density at radius 1 is 1.25 bits per heavy atom. The van der Waals surface area contributed by atoms with Crippen molar-refractivity contribution in [2.24, 2.45) is 0 Å². The monoisotopic (exact) mass is 248 g/mol. The average molecular weight is 249 g/mol. The summed E-state index contributed by atoms with van der Waals surface area (Å²) in [5.74, 6) is -0.655. The van der Waals surface area contributed by atoms with Crippen molar-refractivity contribution in [3.05, 3.63) is 22.5 Å². The van der Waals surface area contributed by atoms with E-state index in [0.29, 0.717) is 5.56 Å². The van der Waals surface area contributed by atoms with Crippen molar-refractivity contribution in [2.45, 2.75) is 19.4 Å². The van der Waals surface area contributed by atoms with Gasteiger partial charge >= 0.3 is 0 Å². The number of rotatable bonds is 3. The summed E-state index contributed by atoms with van der Waals surface area (Å²) in [6.45, 7) is 3.11. The highest BCUT2D eigenvalue weighted by Crippen LogP contribution is 2.42. The van der Waals surface area contributed by atoms with Crippen LogP contribution in [0.5, 0.6) is 11.5 Å². The molecule has 16 heavy (non-hydrogen) atoms. The van der Waals surface area contributed by atoms with Crippen molar-refractivity contribution in [1.82, 2.24) is 0 Å². The highest BCUT2D eigenvalue weighted by Gasteiger charge is 2.27. The number of halogens is 2. The molecule has 0 saturated heterocycles. The third kappa shape index (κ3) is 2.23. The molecule has 0 unspecified atom stereocenters. The molecule has 1 rings (SSSR count). The van der Waals surface area contributed by atoms with Gasteiger partial charge in [0.05, 0.1) is 24.8 Å². The first-order valence-electron chi connectivity index (χ1n) is 4.65. The molecular formula is C11H14ClFO3. The van der Waals surface area contributed by atoms with Gasteiger partial charge in [-0.3, -0.25) is 0 Å². The lowest BCUT2D eigenvalue weighted by molar-refractivity contribution is 0.0749. The number of hydrogen-bond donors (Lipinski definition) is 1. The minimum absolute atomic E-state index is 0.105. The van der Waals surface area contributed by atoms with E-state index in [1.165, 1.54) is 20.3 Å². The van der Waals surface area contributed by atoms with E-state index in [9.17, 15) is 9.50 Å². The lowest BCUT2D eigenvalue weighted by Gasteiger charge is -2.23. The smallest absolute Gasteiger partial charge is 0.198 e. The zero-order valence-corrected chi connectivity index (χ0v) is 10.4. The fourth-order valence-electron chi connectivity index (χ4n) is 1.43. The molecule has 0 aliphatic heterocycles. The minimum atomic E-state index is -1.20. The second kappa shape index (κ2) is 4.47. The van der Waals surface area contributed by atoms with Crippen LogP contribution in [0.2, 0.25) is 5.02 Å². The van der Waals surface area contributed by atoms with E-state index in [-0.39, 0.29) is 16.5 Å². The third-order valence-electron chi connectivity index (χ3n) is 2.20. The van der Waals surface area contributed by atoms with Crippen molar-refractivity contribution < 1.29 is 19.0 Å². The van der Waals surface area contributed by atoms with Crippen LogP contribution in [0.25, 0.3) is 0 Å². The van der Waals surface area contributed by atoms with Crippen LogP contribution in [0.4, 0.5) is 4.39 Å². The Bertz CT molecular complexity index is 399. The Hall–Kier alpha value is -1.00. The molecule has 0 aliphatic rings. The molecule has 0 amide bonds. The van der Waals surface area contributed by atoms with Crippen molar-refractivity contribution in [3.63, 3.8) is 0 Å². The van der Waals surface area contributed by atoms with E-state index in [1.807, 2.05) is 0 Å². The summed E-state index contributed by atoms with van der Waals surface area (Å²) in [6, 6.07) is 1.33. The van der Waals surface area contributed by atoms with Crippen molar-refractivity contribution >= 4 is 11.6 Å². The van der Waals surface area contributed by atoms with Gasteiger partial charge in [0.25, 0.3) is 0 Å². The Morgan fingerprint density at radius 3 is 2.12 bits per heavy atom. The van der Waals surface area contributed by atoms with Crippen LogP contribution in [-0.2, 0) is 5.60 Å². The van der Waals surface area contributed by atoms with Crippen LogP contribution in [0.3, 0.4) is 0 Å². The quantitative estimate of drug-likeness (QED) is 0.894. The minimum Gasteiger partial charge on any atom is -0.492 e. The van der Waals surface area contributed by atoms with E-state index in [2.05, 4.69) is 0 Å². The maximum absolute atomic E-state index is 13.6. The molecule has 0 heterocycles. The largest absolute Gasteiger partial charge is 0.492 e. The van der Waals surface area contributed by atoms with Gasteiger partial charge in [0.2, 0.25) is 0 Å². The molecule has 1 N–H and O–H groups in total. The molecule has 0 aromatic heterocycles. The van der Waals surface area contributed by atoms with Crippen molar-refractivity contribution in [2.75, 3.05) is 14.2 Å². The van der Waals surface area contributed by atoms with Crippen LogP contribution in [0.1, 0.15) is 19.4 Å². The van der Waals surface area contributed by atoms with Gasteiger partial charge in [0.15, 0.2) is 17.3 Å². The summed E-state index contributed by atoms with van der Waals surface area (Å²) in [5.41, 5.74) is -0.825. The molecule has 0 atom stereocenters. The zero-order chi connectivity index (χ0) is 12.5. The van der Waals surface area contributed by atoms with E-state index in [4.69, 9.17) is 21.1 Å². The SMILES string of the molecule is COc1c(C(C)(C)O)cc(Cl)c(F)c1OC. The summed E-state index contributed by atoms with van der Waals surface area (Å²) in [4.78, 5) is 0. The first-order chi connectivity index (χ1) is 7.32. The van der Waals surface area contributed by atoms with Crippen LogP contribution >= 0.6 is 11.6 Å².